The Morgan fingerprint density at radius 1 is 1.04 bits per heavy atom. The van der Waals surface area contributed by atoms with E-state index in [0.29, 0.717) is 6.04 Å². The number of nitrogens with zero attached hydrogens (tertiary/aromatic N) is 2. The molecule has 2 rings (SSSR count). The molecule has 0 aliphatic heterocycles. The predicted octanol–water partition coefficient (Wildman–Crippen LogP) is 4.50. The van der Waals surface area contributed by atoms with Gasteiger partial charge in [0.1, 0.15) is 0 Å². The lowest BCUT2D eigenvalue weighted by Crippen LogP contribution is -2.51. The third-order valence-corrected chi connectivity index (χ3v) is 5.81. The van der Waals surface area contributed by atoms with E-state index in [1.54, 1.807) is 0 Å². The standard InChI is InChI=1S/C21H41N3O/c1-5-7-13-23(17(3)8-6-2)15-18(4)24(16-20-11-12-20)21(25)22-14-19-9-10-19/h17-20H,5-16H2,1-4H3,(H,22,25)/t17-,18+/m1/s1. The number of hydrogen-bond donors (Lipinski definition) is 1. The Bertz CT molecular complexity index is 393. The molecule has 25 heavy (non-hydrogen) atoms. The van der Waals surface area contributed by atoms with Gasteiger partial charge in [-0.3, -0.25) is 4.90 Å². The lowest BCUT2D eigenvalue weighted by atomic mass is 10.1. The maximum atomic E-state index is 12.8. The first-order valence-electron chi connectivity index (χ1n) is 10.8. The van der Waals surface area contributed by atoms with E-state index in [-0.39, 0.29) is 12.1 Å². The molecular weight excluding hydrogens is 310 g/mol. The number of urea groups is 1. The Hall–Kier alpha value is -0.770. The highest BCUT2D eigenvalue weighted by atomic mass is 16.2. The molecule has 0 bridgehead atoms. The maximum absolute atomic E-state index is 12.8. The number of unbranched alkanes of at least 4 members (excludes halogenated alkanes) is 1. The average Bonchev–Trinajstić information content (AvgIpc) is 3.48. The first-order chi connectivity index (χ1) is 12.0. The van der Waals surface area contributed by atoms with Crippen molar-refractivity contribution in [3.63, 3.8) is 0 Å². The Morgan fingerprint density at radius 2 is 1.72 bits per heavy atom. The monoisotopic (exact) mass is 351 g/mol. The maximum Gasteiger partial charge on any atom is 0.317 e. The van der Waals surface area contributed by atoms with Crippen LogP contribution in [-0.2, 0) is 0 Å². The van der Waals surface area contributed by atoms with Crippen molar-refractivity contribution in [2.24, 2.45) is 11.8 Å². The van der Waals surface area contributed by atoms with Crippen molar-refractivity contribution < 1.29 is 4.79 Å². The fourth-order valence-electron chi connectivity index (χ4n) is 3.59. The Labute approximate surface area is 155 Å². The van der Waals surface area contributed by atoms with E-state index in [2.05, 4.69) is 42.8 Å². The van der Waals surface area contributed by atoms with Gasteiger partial charge in [-0.15, -0.1) is 0 Å². The molecule has 2 saturated carbocycles. The van der Waals surface area contributed by atoms with E-state index in [1.807, 2.05) is 0 Å². The molecule has 1 N–H and O–H groups in total. The predicted molar refractivity (Wildman–Crippen MR) is 106 cm³/mol. The van der Waals surface area contributed by atoms with Gasteiger partial charge in [-0.1, -0.05) is 26.7 Å². The third kappa shape index (κ3) is 7.55. The van der Waals surface area contributed by atoms with Crippen molar-refractivity contribution in [1.29, 1.82) is 0 Å². The smallest absolute Gasteiger partial charge is 0.317 e. The second-order valence-corrected chi connectivity index (χ2v) is 8.56. The minimum Gasteiger partial charge on any atom is -0.338 e. The summed E-state index contributed by atoms with van der Waals surface area (Å²) in [7, 11) is 0. The Kier molecular flexibility index (Phi) is 8.54. The van der Waals surface area contributed by atoms with E-state index in [0.717, 1.165) is 38.0 Å². The summed E-state index contributed by atoms with van der Waals surface area (Å²) in [5, 5.41) is 3.20. The van der Waals surface area contributed by atoms with Crippen LogP contribution in [0.15, 0.2) is 0 Å². The first-order valence-corrected chi connectivity index (χ1v) is 10.8. The molecule has 0 aromatic rings. The second kappa shape index (κ2) is 10.4. The van der Waals surface area contributed by atoms with Crippen molar-refractivity contribution in [2.45, 2.75) is 91.1 Å². The van der Waals surface area contributed by atoms with Crippen molar-refractivity contribution in [1.82, 2.24) is 15.1 Å². The molecule has 2 fully saturated rings. The summed E-state index contributed by atoms with van der Waals surface area (Å²) in [5.74, 6) is 1.49. The average molecular weight is 352 g/mol. The summed E-state index contributed by atoms with van der Waals surface area (Å²) < 4.78 is 0. The van der Waals surface area contributed by atoms with Crippen molar-refractivity contribution in [3.8, 4) is 0 Å². The largest absolute Gasteiger partial charge is 0.338 e. The zero-order chi connectivity index (χ0) is 18.2. The van der Waals surface area contributed by atoms with E-state index >= 15 is 0 Å². The van der Waals surface area contributed by atoms with Crippen LogP contribution in [0.3, 0.4) is 0 Å². The van der Waals surface area contributed by atoms with Crippen LogP contribution < -0.4 is 5.32 Å². The van der Waals surface area contributed by atoms with Gasteiger partial charge in [0.15, 0.2) is 0 Å². The second-order valence-electron chi connectivity index (χ2n) is 8.56. The van der Waals surface area contributed by atoms with Crippen molar-refractivity contribution in [2.75, 3.05) is 26.2 Å². The van der Waals surface area contributed by atoms with Crippen LogP contribution in [0.25, 0.3) is 0 Å². The van der Waals surface area contributed by atoms with Crippen molar-refractivity contribution >= 4 is 6.03 Å². The molecule has 0 aromatic heterocycles. The van der Waals surface area contributed by atoms with Crippen molar-refractivity contribution in [3.05, 3.63) is 0 Å². The van der Waals surface area contributed by atoms with Crippen LogP contribution in [0.1, 0.15) is 79.1 Å². The molecular formula is C21H41N3O. The van der Waals surface area contributed by atoms with Gasteiger partial charge >= 0.3 is 6.03 Å². The van der Waals surface area contributed by atoms with E-state index in [9.17, 15) is 4.79 Å². The molecule has 2 aliphatic rings. The number of nitrogens with one attached hydrogen (secondary N) is 1. The molecule has 0 saturated heterocycles. The van der Waals surface area contributed by atoms with Crippen LogP contribution in [0.5, 0.6) is 0 Å². The van der Waals surface area contributed by atoms with Crippen LogP contribution >= 0.6 is 0 Å². The van der Waals surface area contributed by atoms with Gasteiger partial charge in [0.05, 0.1) is 0 Å². The molecule has 4 heteroatoms. The zero-order valence-corrected chi connectivity index (χ0v) is 17.1. The lowest BCUT2D eigenvalue weighted by molar-refractivity contribution is 0.124. The number of rotatable bonds is 13. The molecule has 2 aliphatic carbocycles. The minimum absolute atomic E-state index is 0.171. The highest BCUT2D eigenvalue weighted by Gasteiger charge is 2.31. The molecule has 0 radical (unpaired) electrons. The number of carbonyl (C=O) groups is 1. The molecule has 146 valence electrons. The van der Waals surface area contributed by atoms with Gasteiger partial charge in [0, 0.05) is 31.7 Å². The highest BCUT2D eigenvalue weighted by molar-refractivity contribution is 5.74. The van der Waals surface area contributed by atoms with Gasteiger partial charge in [-0.05, 0) is 70.8 Å². The summed E-state index contributed by atoms with van der Waals surface area (Å²) >= 11 is 0. The summed E-state index contributed by atoms with van der Waals surface area (Å²) in [6, 6.07) is 1.07. The number of hydrogen-bond acceptors (Lipinski definition) is 2. The molecule has 0 aromatic carbocycles. The van der Waals surface area contributed by atoms with Gasteiger partial charge in [-0.2, -0.15) is 0 Å². The lowest BCUT2D eigenvalue weighted by Gasteiger charge is -2.36. The Balaban J connectivity index is 1.91. The fourth-order valence-corrected chi connectivity index (χ4v) is 3.59. The summed E-state index contributed by atoms with van der Waals surface area (Å²) in [6.45, 7) is 13.1. The Morgan fingerprint density at radius 3 is 2.28 bits per heavy atom. The van der Waals surface area contributed by atoms with Gasteiger partial charge in [0.25, 0.3) is 0 Å². The van der Waals surface area contributed by atoms with Crippen LogP contribution in [0.2, 0.25) is 0 Å². The minimum atomic E-state index is 0.171. The molecule has 0 heterocycles. The fraction of sp³-hybridized carbons (Fsp3) is 0.952. The molecule has 4 nitrogen and oxygen atoms in total. The highest BCUT2D eigenvalue weighted by Crippen LogP contribution is 2.31. The SMILES string of the molecule is CCCCN(C[C@H](C)N(CC1CC1)C(=O)NCC1CC1)[C@H](C)CCC. The van der Waals surface area contributed by atoms with Crippen LogP contribution in [0.4, 0.5) is 4.79 Å². The van der Waals surface area contributed by atoms with Gasteiger partial charge < -0.3 is 10.2 Å². The number of amides is 2. The number of carbonyl (C=O) groups excluding carboxylic acids is 1. The zero-order valence-electron chi connectivity index (χ0n) is 17.1. The normalized spacial score (nSPS) is 19.7. The van der Waals surface area contributed by atoms with E-state index < -0.39 is 0 Å². The first kappa shape index (κ1) is 20.5. The molecule has 0 unspecified atom stereocenters. The third-order valence-electron chi connectivity index (χ3n) is 5.81. The van der Waals surface area contributed by atoms with Crippen LogP contribution in [0, 0.1) is 11.8 Å². The summed E-state index contributed by atoms with van der Waals surface area (Å²) in [6.07, 6.45) is 10.1. The quantitative estimate of drug-likeness (QED) is 0.530. The van der Waals surface area contributed by atoms with E-state index in [4.69, 9.17) is 0 Å². The van der Waals surface area contributed by atoms with E-state index in [1.165, 1.54) is 51.4 Å². The molecule has 0 spiro atoms. The summed E-state index contributed by atoms with van der Waals surface area (Å²) in [5.41, 5.74) is 0. The molecule has 2 amide bonds. The topological polar surface area (TPSA) is 35.6 Å². The van der Waals surface area contributed by atoms with Gasteiger partial charge in [0.2, 0.25) is 0 Å². The van der Waals surface area contributed by atoms with Crippen LogP contribution in [-0.4, -0.2) is 54.1 Å². The van der Waals surface area contributed by atoms with Gasteiger partial charge in [-0.25, -0.2) is 4.79 Å². The summed E-state index contributed by atoms with van der Waals surface area (Å²) in [4.78, 5) is 17.5. The molecule has 2 atom stereocenters.